The lowest BCUT2D eigenvalue weighted by Crippen LogP contribution is -2.24. The lowest BCUT2D eigenvalue weighted by molar-refractivity contribution is 0.351. The minimum Gasteiger partial charge on any atom is -0.313 e. The second kappa shape index (κ2) is 9.61. The predicted molar refractivity (Wildman–Crippen MR) is 141 cm³/mol. The maximum absolute atomic E-state index is 13.5. The van der Waals surface area contributed by atoms with Crippen LogP contribution in [0.5, 0.6) is 0 Å². The highest BCUT2D eigenvalue weighted by atomic mass is 35.5. The van der Waals surface area contributed by atoms with Crippen LogP contribution in [0.2, 0.25) is 10.0 Å². The van der Waals surface area contributed by atoms with Crippen molar-refractivity contribution in [3.63, 3.8) is 0 Å². The summed E-state index contributed by atoms with van der Waals surface area (Å²) in [7, 11) is 1.89. The molecule has 0 saturated heterocycles. The number of aromatic nitrogens is 3. The number of halogens is 2. The van der Waals surface area contributed by atoms with Crippen molar-refractivity contribution in [2.45, 2.75) is 45.1 Å². The Labute approximate surface area is 212 Å². The first kappa shape index (κ1) is 23.2. The second-order valence-corrected chi connectivity index (χ2v) is 10.4. The molecule has 0 spiro atoms. The number of hydrogen-bond donors (Lipinski definition) is 0. The maximum atomic E-state index is 13.5. The van der Waals surface area contributed by atoms with E-state index in [-0.39, 0.29) is 5.56 Å². The van der Waals surface area contributed by atoms with Crippen molar-refractivity contribution >= 4 is 40.2 Å². The SMILES string of the molecule is Cc1c(N=c2scc(-c3cc(Cl)ccc3Cl)n2C2CCCCC2)c(=O)n(-c2ccccc2)n1C. The lowest BCUT2D eigenvalue weighted by atomic mass is 9.95. The first-order chi connectivity index (χ1) is 16.5. The van der Waals surface area contributed by atoms with Gasteiger partial charge in [0.15, 0.2) is 10.5 Å². The van der Waals surface area contributed by atoms with Crippen LogP contribution in [0, 0.1) is 6.92 Å². The van der Waals surface area contributed by atoms with Gasteiger partial charge in [-0.2, -0.15) is 0 Å². The zero-order valence-corrected chi connectivity index (χ0v) is 21.5. The summed E-state index contributed by atoms with van der Waals surface area (Å²) in [6.45, 7) is 1.94. The van der Waals surface area contributed by atoms with E-state index in [0.717, 1.165) is 40.3 Å². The predicted octanol–water partition coefficient (Wildman–Crippen LogP) is 7.06. The van der Waals surface area contributed by atoms with Gasteiger partial charge in [0.05, 0.1) is 22.1 Å². The van der Waals surface area contributed by atoms with Gasteiger partial charge < -0.3 is 4.57 Å². The topological polar surface area (TPSA) is 44.2 Å². The van der Waals surface area contributed by atoms with Crippen LogP contribution in [0.3, 0.4) is 0 Å². The van der Waals surface area contributed by atoms with Gasteiger partial charge in [0, 0.05) is 29.1 Å². The lowest BCUT2D eigenvalue weighted by Gasteiger charge is -2.25. The second-order valence-electron chi connectivity index (χ2n) is 8.71. The number of hydrogen-bond acceptors (Lipinski definition) is 3. The van der Waals surface area contributed by atoms with E-state index in [1.54, 1.807) is 10.7 Å². The molecular formula is C26H26Cl2N4OS. The third kappa shape index (κ3) is 4.19. The molecule has 2 aromatic heterocycles. The molecule has 5 nitrogen and oxygen atoms in total. The van der Waals surface area contributed by atoms with Crippen LogP contribution < -0.4 is 10.4 Å². The molecule has 0 atom stereocenters. The molecule has 1 aliphatic carbocycles. The Bertz CT molecular complexity index is 1460. The van der Waals surface area contributed by atoms with E-state index in [1.165, 1.54) is 30.6 Å². The van der Waals surface area contributed by atoms with E-state index in [0.29, 0.717) is 21.8 Å². The van der Waals surface area contributed by atoms with Crippen LogP contribution in [-0.4, -0.2) is 13.9 Å². The molecule has 34 heavy (non-hydrogen) atoms. The van der Waals surface area contributed by atoms with E-state index >= 15 is 0 Å². The minimum absolute atomic E-state index is 0.128. The smallest absolute Gasteiger partial charge is 0.297 e. The fourth-order valence-electron chi connectivity index (χ4n) is 4.76. The zero-order valence-electron chi connectivity index (χ0n) is 19.2. The molecule has 1 saturated carbocycles. The molecule has 2 heterocycles. The molecule has 176 valence electrons. The number of para-hydroxylation sites is 1. The van der Waals surface area contributed by atoms with Crippen LogP contribution in [0.15, 0.2) is 63.7 Å². The Morgan fingerprint density at radius 1 is 1.03 bits per heavy atom. The Balaban J connectivity index is 1.73. The zero-order chi connectivity index (χ0) is 23.8. The number of benzene rings is 2. The number of thiazole rings is 1. The highest BCUT2D eigenvalue weighted by Crippen LogP contribution is 2.36. The maximum Gasteiger partial charge on any atom is 0.297 e. The van der Waals surface area contributed by atoms with E-state index in [1.807, 2.05) is 61.1 Å². The van der Waals surface area contributed by atoms with Gasteiger partial charge in [0.25, 0.3) is 5.56 Å². The Hall–Kier alpha value is -2.54. The largest absolute Gasteiger partial charge is 0.313 e. The molecule has 0 radical (unpaired) electrons. The van der Waals surface area contributed by atoms with Crippen molar-refractivity contribution in [1.29, 1.82) is 0 Å². The normalized spacial score (nSPS) is 15.2. The van der Waals surface area contributed by atoms with Crippen LogP contribution in [0.4, 0.5) is 5.69 Å². The molecule has 1 fully saturated rings. The van der Waals surface area contributed by atoms with Crippen molar-refractivity contribution < 1.29 is 0 Å². The molecule has 0 bridgehead atoms. The molecule has 0 aliphatic heterocycles. The van der Waals surface area contributed by atoms with E-state index < -0.39 is 0 Å². The van der Waals surface area contributed by atoms with Gasteiger partial charge in [-0.3, -0.25) is 9.48 Å². The van der Waals surface area contributed by atoms with Crippen molar-refractivity contribution in [2.24, 2.45) is 12.0 Å². The summed E-state index contributed by atoms with van der Waals surface area (Å²) in [5.74, 6) is 0. The molecule has 8 heteroatoms. The summed E-state index contributed by atoms with van der Waals surface area (Å²) < 4.78 is 5.81. The summed E-state index contributed by atoms with van der Waals surface area (Å²) in [5, 5.41) is 3.38. The Kier molecular flexibility index (Phi) is 6.56. The molecule has 0 unspecified atom stereocenters. The van der Waals surface area contributed by atoms with E-state index in [9.17, 15) is 4.79 Å². The summed E-state index contributed by atoms with van der Waals surface area (Å²) in [5.41, 5.74) is 3.86. The third-order valence-electron chi connectivity index (χ3n) is 6.62. The summed E-state index contributed by atoms with van der Waals surface area (Å²) in [4.78, 5) is 19.3. The third-order valence-corrected chi connectivity index (χ3v) is 8.02. The van der Waals surface area contributed by atoms with Gasteiger partial charge in [0.2, 0.25) is 0 Å². The summed E-state index contributed by atoms with van der Waals surface area (Å²) >= 11 is 14.5. The molecular weight excluding hydrogens is 487 g/mol. The van der Waals surface area contributed by atoms with Crippen molar-refractivity contribution in [1.82, 2.24) is 13.9 Å². The van der Waals surface area contributed by atoms with Crippen LogP contribution >= 0.6 is 34.5 Å². The molecule has 0 N–H and O–H groups in total. The van der Waals surface area contributed by atoms with Gasteiger partial charge in [-0.1, -0.05) is 60.7 Å². The van der Waals surface area contributed by atoms with Gasteiger partial charge in [-0.05, 0) is 50.1 Å². The minimum atomic E-state index is -0.128. The van der Waals surface area contributed by atoms with Crippen LogP contribution in [0.25, 0.3) is 16.9 Å². The molecule has 1 aliphatic rings. The van der Waals surface area contributed by atoms with Gasteiger partial charge in [-0.25, -0.2) is 9.67 Å². The summed E-state index contributed by atoms with van der Waals surface area (Å²) in [6.07, 6.45) is 5.77. The fraction of sp³-hybridized carbons (Fsp3) is 0.308. The van der Waals surface area contributed by atoms with Gasteiger partial charge in [-0.15, -0.1) is 11.3 Å². The number of rotatable bonds is 4. The van der Waals surface area contributed by atoms with E-state index in [4.69, 9.17) is 28.2 Å². The van der Waals surface area contributed by atoms with Crippen LogP contribution in [0.1, 0.15) is 43.8 Å². The highest BCUT2D eigenvalue weighted by molar-refractivity contribution is 7.07. The Morgan fingerprint density at radius 2 is 1.76 bits per heavy atom. The summed E-state index contributed by atoms with van der Waals surface area (Å²) in [6, 6.07) is 15.5. The number of nitrogens with zero attached hydrogens (tertiary/aromatic N) is 4. The van der Waals surface area contributed by atoms with Crippen molar-refractivity contribution in [2.75, 3.05) is 0 Å². The average Bonchev–Trinajstić information content (AvgIpc) is 3.36. The Morgan fingerprint density at radius 3 is 2.50 bits per heavy atom. The average molecular weight is 513 g/mol. The van der Waals surface area contributed by atoms with E-state index in [2.05, 4.69) is 9.95 Å². The molecule has 0 amide bonds. The van der Waals surface area contributed by atoms with Crippen molar-refractivity contribution in [3.8, 4) is 16.9 Å². The molecule has 4 aromatic rings. The van der Waals surface area contributed by atoms with Crippen LogP contribution in [-0.2, 0) is 7.05 Å². The first-order valence-corrected chi connectivity index (χ1v) is 13.1. The quantitative estimate of drug-likeness (QED) is 0.288. The monoisotopic (exact) mass is 512 g/mol. The molecule has 2 aromatic carbocycles. The van der Waals surface area contributed by atoms with Gasteiger partial charge in [0.1, 0.15) is 0 Å². The van der Waals surface area contributed by atoms with Gasteiger partial charge >= 0.3 is 0 Å². The standard InChI is InChI=1S/C26H26Cl2N4OS/c1-17-24(25(33)32(30(17)2)20-11-7-4-8-12-20)29-26-31(19-9-5-3-6-10-19)23(16-34-26)21-15-18(27)13-14-22(21)28/h4,7-8,11-16,19H,3,5-6,9-10H2,1-2H3. The highest BCUT2D eigenvalue weighted by Gasteiger charge is 2.23. The van der Waals surface area contributed by atoms with Crippen molar-refractivity contribution in [3.05, 3.63) is 84.8 Å². The first-order valence-electron chi connectivity index (χ1n) is 11.5. The molecule has 5 rings (SSSR count). The fourth-order valence-corrected chi connectivity index (χ4v) is 6.11.